The third-order valence-electron chi connectivity index (χ3n) is 3.24. The fourth-order valence-corrected chi connectivity index (χ4v) is 1.92. The lowest BCUT2D eigenvalue weighted by molar-refractivity contribution is 0.0599. The Morgan fingerprint density at radius 2 is 1.70 bits per heavy atom. The maximum absolute atomic E-state index is 13.4. The van der Waals surface area contributed by atoms with Crippen molar-refractivity contribution in [3.63, 3.8) is 0 Å². The smallest absolute Gasteiger partial charge is 0.319 e. The first-order chi connectivity index (χ1) is 10.8. The number of urea groups is 1. The highest BCUT2D eigenvalue weighted by molar-refractivity contribution is 5.89. The molecule has 1 atom stereocenters. The molecular formula is C16H15F3N2O2. The van der Waals surface area contributed by atoms with Crippen molar-refractivity contribution in [2.24, 2.45) is 0 Å². The highest BCUT2D eigenvalue weighted by Gasteiger charge is 2.24. The molecule has 0 bridgehead atoms. The van der Waals surface area contributed by atoms with E-state index in [1.165, 1.54) is 31.2 Å². The van der Waals surface area contributed by atoms with E-state index in [-0.39, 0.29) is 12.2 Å². The lowest BCUT2D eigenvalue weighted by Gasteiger charge is -2.24. The number of anilines is 1. The molecule has 0 fully saturated rings. The average molecular weight is 324 g/mol. The Hall–Kier alpha value is -2.54. The van der Waals surface area contributed by atoms with Crippen LogP contribution >= 0.6 is 0 Å². The molecule has 2 amide bonds. The minimum atomic E-state index is -1.44. The fourth-order valence-electron chi connectivity index (χ4n) is 1.92. The van der Waals surface area contributed by atoms with Gasteiger partial charge in [-0.05, 0) is 36.8 Å². The van der Waals surface area contributed by atoms with Gasteiger partial charge in [0.2, 0.25) is 0 Å². The monoisotopic (exact) mass is 324 g/mol. The first kappa shape index (κ1) is 16.8. The summed E-state index contributed by atoms with van der Waals surface area (Å²) in [6.07, 6.45) is 0. The number of halogens is 3. The van der Waals surface area contributed by atoms with Gasteiger partial charge in [0.05, 0.1) is 12.2 Å². The second-order valence-electron chi connectivity index (χ2n) is 5.21. The lowest BCUT2D eigenvalue weighted by Crippen LogP contribution is -2.40. The zero-order chi connectivity index (χ0) is 17.0. The van der Waals surface area contributed by atoms with Crippen LogP contribution in [0, 0.1) is 17.5 Å². The highest BCUT2D eigenvalue weighted by Crippen LogP contribution is 2.20. The molecule has 0 saturated carbocycles. The quantitative estimate of drug-likeness (QED) is 0.809. The normalized spacial score (nSPS) is 13.3. The molecule has 4 nitrogen and oxygen atoms in total. The largest absolute Gasteiger partial charge is 0.384 e. The zero-order valence-electron chi connectivity index (χ0n) is 12.2. The number of hydrogen-bond acceptors (Lipinski definition) is 2. The fraction of sp³-hybridized carbons (Fsp3) is 0.188. The van der Waals surface area contributed by atoms with Crippen LogP contribution < -0.4 is 10.6 Å². The lowest BCUT2D eigenvalue weighted by atomic mass is 9.96. The Balaban J connectivity index is 1.96. The van der Waals surface area contributed by atoms with Gasteiger partial charge in [0, 0.05) is 6.07 Å². The van der Waals surface area contributed by atoms with E-state index in [0.29, 0.717) is 11.6 Å². The van der Waals surface area contributed by atoms with E-state index in [2.05, 4.69) is 10.6 Å². The van der Waals surface area contributed by atoms with Crippen molar-refractivity contribution in [1.29, 1.82) is 0 Å². The standard InChI is InChI=1S/C16H15F3N2O2/c1-16(23,10-2-4-11(17)5-3-10)9-20-15(22)21-14-7-6-12(18)8-13(14)19/h2-8,23H,9H2,1H3,(H2,20,21,22). The molecular weight excluding hydrogens is 309 g/mol. The van der Waals surface area contributed by atoms with E-state index in [9.17, 15) is 23.1 Å². The number of carbonyl (C=O) groups excluding carboxylic acids is 1. The molecule has 0 aliphatic heterocycles. The van der Waals surface area contributed by atoms with E-state index in [4.69, 9.17) is 0 Å². The maximum atomic E-state index is 13.4. The topological polar surface area (TPSA) is 61.4 Å². The highest BCUT2D eigenvalue weighted by atomic mass is 19.1. The van der Waals surface area contributed by atoms with E-state index < -0.39 is 29.1 Å². The molecule has 0 saturated heterocycles. The molecule has 0 aromatic heterocycles. The van der Waals surface area contributed by atoms with Crippen LogP contribution in [-0.4, -0.2) is 17.7 Å². The minimum absolute atomic E-state index is 0.187. The van der Waals surface area contributed by atoms with Crippen LogP contribution in [-0.2, 0) is 5.60 Å². The Morgan fingerprint density at radius 3 is 2.30 bits per heavy atom. The van der Waals surface area contributed by atoms with Crippen LogP contribution in [0.15, 0.2) is 42.5 Å². The molecule has 2 aromatic carbocycles. The molecule has 0 aliphatic carbocycles. The molecule has 0 spiro atoms. The number of aliphatic hydroxyl groups is 1. The first-order valence-corrected chi connectivity index (χ1v) is 6.76. The van der Waals surface area contributed by atoms with Gasteiger partial charge in [-0.3, -0.25) is 0 Å². The van der Waals surface area contributed by atoms with Gasteiger partial charge in [-0.15, -0.1) is 0 Å². The summed E-state index contributed by atoms with van der Waals surface area (Å²) >= 11 is 0. The van der Waals surface area contributed by atoms with Gasteiger partial charge in [0.25, 0.3) is 0 Å². The zero-order valence-corrected chi connectivity index (χ0v) is 12.2. The molecule has 2 aromatic rings. The molecule has 23 heavy (non-hydrogen) atoms. The van der Waals surface area contributed by atoms with Crippen LogP contribution in [0.5, 0.6) is 0 Å². The molecule has 2 rings (SSSR count). The van der Waals surface area contributed by atoms with Crippen molar-refractivity contribution in [3.05, 3.63) is 65.5 Å². The first-order valence-electron chi connectivity index (χ1n) is 6.76. The van der Waals surface area contributed by atoms with E-state index in [0.717, 1.165) is 12.1 Å². The van der Waals surface area contributed by atoms with E-state index >= 15 is 0 Å². The van der Waals surface area contributed by atoms with Crippen molar-refractivity contribution < 1.29 is 23.1 Å². The van der Waals surface area contributed by atoms with Crippen LogP contribution in [0.3, 0.4) is 0 Å². The summed E-state index contributed by atoms with van der Waals surface area (Å²) in [5.74, 6) is -2.11. The van der Waals surface area contributed by atoms with Gasteiger partial charge in [-0.1, -0.05) is 12.1 Å². The van der Waals surface area contributed by atoms with Gasteiger partial charge >= 0.3 is 6.03 Å². The second-order valence-corrected chi connectivity index (χ2v) is 5.21. The number of nitrogens with one attached hydrogen (secondary N) is 2. The number of carbonyl (C=O) groups is 1. The predicted molar refractivity (Wildman–Crippen MR) is 79.4 cm³/mol. The Morgan fingerprint density at radius 1 is 1.09 bits per heavy atom. The molecule has 3 N–H and O–H groups in total. The van der Waals surface area contributed by atoms with Crippen molar-refractivity contribution >= 4 is 11.7 Å². The van der Waals surface area contributed by atoms with Gasteiger partial charge in [-0.2, -0.15) is 0 Å². The van der Waals surface area contributed by atoms with Crippen LogP contribution in [0.4, 0.5) is 23.7 Å². The SMILES string of the molecule is CC(O)(CNC(=O)Nc1ccc(F)cc1F)c1ccc(F)cc1. The van der Waals surface area contributed by atoms with Gasteiger partial charge in [-0.25, -0.2) is 18.0 Å². The summed E-state index contributed by atoms with van der Waals surface area (Å²) in [6, 6.07) is 7.15. The van der Waals surface area contributed by atoms with Crippen molar-refractivity contribution in [2.75, 3.05) is 11.9 Å². The number of rotatable bonds is 4. The summed E-state index contributed by atoms with van der Waals surface area (Å²) in [4.78, 5) is 11.7. The van der Waals surface area contributed by atoms with Crippen molar-refractivity contribution in [1.82, 2.24) is 5.32 Å². The second kappa shape index (κ2) is 6.70. The summed E-state index contributed by atoms with van der Waals surface area (Å²) in [7, 11) is 0. The third-order valence-corrected chi connectivity index (χ3v) is 3.24. The third kappa shape index (κ3) is 4.46. The van der Waals surface area contributed by atoms with E-state index in [1.54, 1.807) is 0 Å². The molecule has 122 valence electrons. The van der Waals surface area contributed by atoms with Gasteiger partial charge < -0.3 is 15.7 Å². The number of benzene rings is 2. The summed E-state index contributed by atoms with van der Waals surface area (Å²) in [6.45, 7) is 1.26. The van der Waals surface area contributed by atoms with Crippen LogP contribution in [0.25, 0.3) is 0 Å². The molecule has 0 aliphatic rings. The van der Waals surface area contributed by atoms with Gasteiger partial charge in [0.1, 0.15) is 23.1 Å². The number of amides is 2. The molecule has 0 radical (unpaired) electrons. The van der Waals surface area contributed by atoms with E-state index in [1.807, 2.05) is 0 Å². The number of hydrogen-bond donors (Lipinski definition) is 3. The molecule has 0 heterocycles. The predicted octanol–water partition coefficient (Wildman–Crippen LogP) is 3.13. The van der Waals surface area contributed by atoms with Crippen LogP contribution in [0.1, 0.15) is 12.5 Å². The van der Waals surface area contributed by atoms with Crippen LogP contribution in [0.2, 0.25) is 0 Å². The minimum Gasteiger partial charge on any atom is -0.384 e. The van der Waals surface area contributed by atoms with Gasteiger partial charge in [0.15, 0.2) is 0 Å². The molecule has 1 unspecified atom stereocenters. The average Bonchev–Trinajstić information content (AvgIpc) is 2.49. The Bertz CT molecular complexity index is 703. The van der Waals surface area contributed by atoms with Crippen molar-refractivity contribution in [3.8, 4) is 0 Å². The molecule has 7 heteroatoms. The summed E-state index contributed by atoms with van der Waals surface area (Å²) < 4.78 is 39.1. The maximum Gasteiger partial charge on any atom is 0.319 e. The summed E-state index contributed by atoms with van der Waals surface area (Å²) in [5, 5.41) is 14.9. The summed E-state index contributed by atoms with van der Waals surface area (Å²) in [5.41, 5.74) is -1.22. The Labute approximate surface area is 131 Å². The van der Waals surface area contributed by atoms with Crippen molar-refractivity contribution in [2.45, 2.75) is 12.5 Å². The Kier molecular flexibility index (Phi) is 4.90.